The van der Waals surface area contributed by atoms with Crippen molar-refractivity contribution in [1.29, 1.82) is 0 Å². The fourth-order valence-electron chi connectivity index (χ4n) is 5.64. The first-order chi connectivity index (χ1) is 19.2. The van der Waals surface area contributed by atoms with Gasteiger partial charge in [-0.25, -0.2) is 0 Å². The molecule has 1 amide bonds. The molecule has 3 atom stereocenters. The van der Waals surface area contributed by atoms with Crippen molar-refractivity contribution in [2.75, 3.05) is 38.4 Å². The molecule has 12 heteroatoms. The van der Waals surface area contributed by atoms with Gasteiger partial charge < -0.3 is 0 Å². The number of nitrogens with zero attached hydrogens (tertiary/aromatic N) is 3. The van der Waals surface area contributed by atoms with Gasteiger partial charge in [0.25, 0.3) is 0 Å². The zero-order chi connectivity index (χ0) is 28.4. The number of alkyl halides is 3. The molecule has 0 radical (unpaired) electrons. The summed E-state index contributed by atoms with van der Waals surface area (Å²) in [7, 11) is 5.19. The van der Waals surface area contributed by atoms with Crippen LogP contribution in [-0.2, 0) is 0 Å². The van der Waals surface area contributed by atoms with Gasteiger partial charge >= 0.3 is 230 Å². The van der Waals surface area contributed by atoms with E-state index in [2.05, 4.69) is 44.8 Å². The third kappa shape index (κ3) is 5.87. The molecule has 8 nitrogen and oxygen atoms in total. The summed E-state index contributed by atoms with van der Waals surface area (Å²) >= 11 is -1.81. The third-order valence-corrected chi connectivity index (χ3v) is 9.36. The number of pyridine rings is 1. The Kier molecular flexibility index (Phi) is 8.17. The van der Waals surface area contributed by atoms with Crippen LogP contribution in [0, 0.1) is 11.8 Å². The Morgan fingerprint density at radius 3 is 2.75 bits per heavy atom. The quantitative estimate of drug-likeness (QED) is 0.279. The summed E-state index contributed by atoms with van der Waals surface area (Å²) in [6.07, 6.45) is 4.41. The number of aromatic nitrogens is 2. The monoisotopic (exact) mass is 620 g/mol. The molecule has 2 fully saturated rings. The van der Waals surface area contributed by atoms with E-state index in [1.165, 1.54) is 13.5 Å². The molecule has 2 aliphatic rings. The molecule has 2 saturated heterocycles. The van der Waals surface area contributed by atoms with Gasteiger partial charge in [-0.05, 0) is 0 Å². The summed E-state index contributed by atoms with van der Waals surface area (Å²) in [5.41, 5.74) is 1.59. The molecule has 3 aromatic rings. The summed E-state index contributed by atoms with van der Waals surface area (Å²) in [5, 5.41) is 9.45. The number of ether oxygens (including phenoxy) is 1. The van der Waals surface area contributed by atoms with Crippen LogP contribution in [0.15, 0.2) is 36.4 Å². The molecule has 1 aromatic carbocycles. The topological polar surface area (TPSA) is 82.9 Å². The molecule has 2 bridgehead atoms. The second-order valence-electron chi connectivity index (χ2n) is 9.88. The van der Waals surface area contributed by atoms with E-state index in [-0.39, 0.29) is 28.6 Å². The van der Waals surface area contributed by atoms with Crippen molar-refractivity contribution in [3.8, 4) is 17.6 Å². The molecule has 0 spiro atoms. The number of benzene rings is 1. The number of halogens is 3. The zero-order valence-corrected chi connectivity index (χ0v) is 24.1. The Balaban J connectivity index is 1.40. The Bertz CT molecular complexity index is 1460. The molecule has 3 N–H and O–H groups in total. The molecule has 0 saturated carbocycles. The maximum atomic E-state index is 13.6. The van der Waals surface area contributed by atoms with E-state index in [0.29, 0.717) is 40.4 Å². The predicted molar refractivity (Wildman–Crippen MR) is 150 cm³/mol. The number of methoxy groups -OCH3 is 1. The van der Waals surface area contributed by atoms with Crippen LogP contribution in [0.4, 0.5) is 24.7 Å². The Hall–Kier alpha value is -3.39. The number of carbonyl (C=O) groups excluding carboxylic acids is 1. The van der Waals surface area contributed by atoms with E-state index in [9.17, 15) is 18.0 Å². The van der Waals surface area contributed by atoms with Gasteiger partial charge in [-0.1, -0.05) is 0 Å². The number of rotatable bonds is 7. The average molecular weight is 620 g/mol. The fourth-order valence-corrected chi connectivity index (χ4v) is 7.07. The first-order valence-electron chi connectivity index (χ1n) is 13.1. The Labute approximate surface area is 237 Å². The van der Waals surface area contributed by atoms with Crippen LogP contribution >= 0.6 is 0 Å². The molecule has 2 aromatic heterocycles. The maximum absolute atomic E-state index is 13.6. The van der Waals surface area contributed by atoms with Crippen LogP contribution in [-0.4, -0.2) is 86.3 Å². The number of hydrogen-bond donors (Lipinski definition) is 3. The van der Waals surface area contributed by atoms with E-state index in [1.807, 2.05) is 6.07 Å². The zero-order valence-electron chi connectivity index (χ0n) is 22.4. The average Bonchev–Trinajstić information content (AvgIpc) is 3.38. The number of anilines is 2. The number of carbonyl (C=O) groups is 1. The summed E-state index contributed by atoms with van der Waals surface area (Å²) in [6, 6.07) is 11.5. The van der Waals surface area contributed by atoms with Crippen molar-refractivity contribution in [2.24, 2.45) is 0 Å². The van der Waals surface area contributed by atoms with Crippen LogP contribution in [0.3, 0.4) is 0 Å². The molecular formula is C28H31F3N6O2Se. The first-order valence-corrected chi connectivity index (χ1v) is 14.8. The summed E-state index contributed by atoms with van der Waals surface area (Å²) in [4.78, 5) is 14.3. The van der Waals surface area contributed by atoms with Gasteiger partial charge in [0.1, 0.15) is 0 Å². The molecule has 40 heavy (non-hydrogen) atoms. The SMILES string of the molecule is CNC(=O)c1ccc(NCC#Cc2nn3c(N[C@@H]4CC[C@@H]5CC[C@H]4N5C)cccc3c2[Se]C(F)(F)F)c(OC)c1. The van der Waals surface area contributed by atoms with E-state index in [1.54, 1.807) is 41.9 Å². The van der Waals surface area contributed by atoms with Gasteiger partial charge in [-0.3, -0.25) is 0 Å². The van der Waals surface area contributed by atoms with Crippen molar-refractivity contribution >= 4 is 42.3 Å². The van der Waals surface area contributed by atoms with Crippen LogP contribution in [0.2, 0.25) is 0 Å². The third-order valence-electron chi connectivity index (χ3n) is 7.60. The molecule has 5 rings (SSSR count). The Morgan fingerprint density at radius 1 is 1.20 bits per heavy atom. The van der Waals surface area contributed by atoms with Gasteiger partial charge in [-0.15, -0.1) is 0 Å². The van der Waals surface area contributed by atoms with Gasteiger partial charge in [0.2, 0.25) is 0 Å². The van der Waals surface area contributed by atoms with Crippen molar-refractivity contribution in [2.45, 2.75) is 48.9 Å². The number of fused-ring (bicyclic) bond motifs is 3. The fraction of sp³-hybridized carbons (Fsp3) is 0.429. The normalized spacial score (nSPS) is 20.6. The number of piperidine rings is 1. The van der Waals surface area contributed by atoms with Gasteiger partial charge in [-0.2, -0.15) is 0 Å². The Morgan fingerprint density at radius 2 is 2.00 bits per heavy atom. The van der Waals surface area contributed by atoms with Gasteiger partial charge in [0.05, 0.1) is 0 Å². The molecule has 212 valence electrons. The van der Waals surface area contributed by atoms with Crippen LogP contribution in [0.25, 0.3) is 5.52 Å². The molecule has 0 unspecified atom stereocenters. The number of likely N-dealkylation sites (N-methyl/N-ethyl adjacent to an activating group) is 1. The second kappa shape index (κ2) is 11.6. The van der Waals surface area contributed by atoms with E-state index >= 15 is 0 Å². The van der Waals surface area contributed by atoms with Crippen molar-refractivity contribution in [1.82, 2.24) is 19.8 Å². The summed E-state index contributed by atoms with van der Waals surface area (Å²) in [6.45, 7) is 0.143. The van der Waals surface area contributed by atoms with E-state index < -0.39 is 20.0 Å². The van der Waals surface area contributed by atoms with Crippen LogP contribution in [0.1, 0.15) is 41.7 Å². The van der Waals surface area contributed by atoms with Gasteiger partial charge in [0, 0.05) is 7.05 Å². The summed E-state index contributed by atoms with van der Waals surface area (Å²) < 4.78 is 47.9. The van der Waals surface area contributed by atoms with Gasteiger partial charge in [0.15, 0.2) is 0 Å². The van der Waals surface area contributed by atoms with Crippen LogP contribution < -0.4 is 25.1 Å². The molecule has 4 heterocycles. The number of nitrogens with one attached hydrogen (secondary N) is 3. The summed E-state index contributed by atoms with van der Waals surface area (Å²) in [5.74, 6) is 6.66. The molecule has 0 aliphatic carbocycles. The molecule has 2 aliphatic heterocycles. The molecular weight excluding hydrogens is 588 g/mol. The van der Waals surface area contributed by atoms with Crippen molar-refractivity contribution in [3.63, 3.8) is 0 Å². The predicted octanol–water partition coefficient (Wildman–Crippen LogP) is 3.05. The minimum atomic E-state index is -4.35. The standard InChI is InChI=1S/C28H31F3N6O2Se/c1-32-27(38)17-9-12-20(24(16-17)39-3)33-15-5-6-21-26(40-28(29,30)31)23-7-4-8-25(37(23)35-21)34-19-13-10-18-11-14-22(19)36(18)2/h4,7-9,12,16,18-19,22,33-34H,10-11,13-15H2,1-3H3,(H,32,38)/t18-,19-,22-/m1/s1. The second-order valence-corrected chi connectivity index (χ2v) is 12.1. The first kappa shape index (κ1) is 28.1. The number of amides is 1. The van der Waals surface area contributed by atoms with E-state index in [0.717, 1.165) is 19.3 Å². The number of hydrogen-bond acceptors (Lipinski definition) is 6. The van der Waals surface area contributed by atoms with Crippen molar-refractivity contribution in [3.05, 3.63) is 47.7 Å². The van der Waals surface area contributed by atoms with Crippen molar-refractivity contribution < 1.29 is 22.7 Å². The minimum absolute atomic E-state index is 0.116. The van der Waals surface area contributed by atoms with E-state index in [4.69, 9.17) is 4.74 Å². The van der Waals surface area contributed by atoms with Crippen LogP contribution in [0.5, 0.6) is 5.75 Å².